The number of benzene rings is 4. The largest absolute Gasteiger partial charge is 0.352 e. The van der Waals surface area contributed by atoms with Crippen molar-refractivity contribution in [3.63, 3.8) is 0 Å². The van der Waals surface area contributed by atoms with Gasteiger partial charge < -0.3 is 10.2 Å². The highest BCUT2D eigenvalue weighted by molar-refractivity contribution is 7.92. The molecule has 7 nitrogen and oxygen atoms in total. The smallest absolute Gasteiger partial charge is 0.264 e. The molecule has 246 valence electrons. The molecule has 5 rings (SSSR count). The number of sulfonamides is 1. The van der Waals surface area contributed by atoms with Gasteiger partial charge in [-0.2, -0.15) is 0 Å². The van der Waals surface area contributed by atoms with Gasteiger partial charge in [0.15, 0.2) is 0 Å². The van der Waals surface area contributed by atoms with Crippen LogP contribution < -0.4 is 9.62 Å². The van der Waals surface area contributed by atoms with Crippen molar-refractivity contribution in [1.29, 1.82) is 0 Å². The number of nitrogens with one attached hydrogen (secondary N) is 1. The van der Waals surface area contributed by atoms with Gasteiger partial charge in [-0.1, -0.05) is 116 Å². The Bertz CT molecular complexity index is 1760. The molecule has 1 aliphatic rings. The number of amides is 2. The Morgan fingerprint density at radius 3 is 2.06 bits per heavy atom. The molecular weight excluding hydrogens is 653 g/mol. The molecule has 1 N–H and O–H groups in total. The van der Waals surface area contributed by atoms with Crippen molar-refractivity contribution in [3.05, 3.63) is 130 Å². The molecule has 0 saturated heterocycles. The number of carbonyl (C=O) groups is 2. The van der Waals surface area contributed by atoms with Crippen molar-refractivity contribution in [1.82, 2.24) is 10.2 Å². The maximum atomic E-state index is 14.8. The van der Waals surface area contributed by atoms with Gasteiger partial charge in [-0.25, -0.2) is 8.42 Å². The van der Waals surface area contributed by atoms with Gasteiger partial charge in [0.1, 0.15) is 12.6 Å². The minimum absolute atomic E-state index is 0.00742. The van der Waals surface area contributed by atoms with E-state index in [0.717, 1.165) is 41.1 Å². The van der Waals surface area contributed by atoms with Crippen LogP contribution in [0.1, 0.15) is 49.3 Å². The Morgan fingerprint density at radius 2 is 1.43 bits per heavy atom. The first-order valence-corrected chi connectivity index (χ1v) is 18.1. The van der Waals surface area contributed by atoms with Crippen LogP contribution in [0.5, 0.6) is 0 Å². The molecule has 1 atom stereocenters. The Morgan fingerprint density at radius 1 is 0.830 bits per heavy atom. The van der Waals surface area contributed by atoms with E-state index in [4.69, 9.17) is 23.2 Å². The lowest BCUT2D eigenvalue weighted by molar-refractivity contribution is -0.140. The van der Waals surface area contributed by atoms with Gasteiger partial charge in [-0.05, 0) is 60.7 Å². The lowest BCUT2D eigenvalue weighted by Crippen LogP contribution is -2.54. The fourth-order valence-corrected chi connectivity index (χ4v) is 8.05. The van der Waals surface area contributed by atoms with E-state index in [2.05, 4.69) is 5.32 Å². The van der Waals surface area contributed by atoms with Gasteiger partial charge in [0, 0.05) is 34.6 Å². The molecular formula is C37H39Cl2N3O4S. The molecule has 47 heavy (non-hydrogen) atoms. The molecule has 4 aromatic carbocycles. The molecule has 0 unspecified atom stereocenters. The fraction of sp³-hybridized carbons (Fsp3) is 0.297. The van der Waals surface area contributed by atoms with Crippen molar-refractivity contribution in [2.45, 2.75) is 69.0 Å². The summed E-state index contributed by atoms with van der Waals surface area (Å²) in [4.78, 5) is 30.4. The highest BCUT2D eigenvalue weighted by Crippen LogP contribution is 2.31. The second-order valence-electron chi connectivity index (χ2n) is 11.7. The number of hydrogen-bond acceptors (Lipinski definition) is 4. The number of halogens is 2. The van der Waals surface area contributed by atoms with Crippen LogP contribution in [0, 0.1) is 0 Å². The van der Waals surface area contributed by atoms with Crippen LogP contribution in [0.15, 0.2) is 108 Å². The number of rotatable bonds is 13. The number of carbonyl (C=O) groups excluding carboxylic acids is 2. The van der Waals surface area contributed by atoms with E-state index >= 15 is 0 Å². The average molecular weight is 693 g/mol. The van der Waals surface area contributed by atoms with Crippen LogP contribution in [0.2, 0.25) is 10.0 Å². The predicted octanol–water partition coefficient (Wildman–Crippen LogP) is 7.45. The third-order valence-corrected chi connectivity index (χ3v) is 11.1. The first-order valence-electron chi connectivity index (χ1n) is 15.9. The second-order valence-corrected chi connectivity index (χ2v) is 14.4. The number of nitrogens with zero attached hydrogens (tertiary/aromatic N) is 2. The van der Waals surface area contributed by atoms with Crippen LogP contribution in [-0.2, 0) is 39.0 Å². The molecule has 0 aliphatic heterocycles. The summed E-state index contributed by atoms with van der Waals surface area (Å²) in [5, 5.41) is 3.86. The first-order chi connectivity index (χ1) is 22.7. The maximum absolute atomic E-state index is 14.8. The standard InChI is InChI=1S/C37H39Cl2N3O4S/c1-2-28-16-9-12-23-34(28)42(47(45,46)30-19-7-4-8-20-30)26-36(43)41(25-31-32(38)21-13-22-33(31)39)35(24-27-14-5-3-6-15-27)37(44)40-29-17-10-11-18-29/h3-9,12-16,19-23,29,35H,2,10-11,17-18,24-26H2,1H3,(H,40,44)/t35-/m1/s1. The highest BCUT2D eigenvalue weighted by atomic mass is 35.5. The third-order valence-electron chi connectivity index (χ3n) is 8.61. The van der Waals surface area contributed by atoms with Crippen molar-refractivity contribution < 1.29 is 18.0 Å². The Hall–Kier alpha value is -3.85. The SMILES string of the molecule is CCc1ccccc1N(CC(=O)N(Cc1c(Cl)cccc1Cl)[C@H](Cc1ccccc1)C(=O)NC1CCCC1)S(=O)(=O)c1ccccc1. The van der Waals surface area contributed by atoms with E-state index in [0.29, 0.717) is 27.7 Å². The zero-order valence-electron chi connectivity index (χ0n) is 26.3. The average Bonchev–Trinajstić information content (AvgIpc) is 3.60. The number of aryl methyl sites for hydroxylation is 1. The van der Waals surface area contributed by atoms with E-state index < -0.39 is 28.5 Å². The zero-order chi connectivity index (χ0) is 33.4. The molecule has 0 bridgehead atoms. The van der Waals surface area contributed by atoms with Gasteiger partial charge in [0.05, 0.1) is 10.6 Å². The van der Waals surface area contributed by atoms with Crippen LogP contribution in [-0.4, -0.2) is 43.8 Å². The molecule has 0 heterocycles. The fourth-order valence-electron chi connectivity index (χ4n) is 6.06. The molecule has 2 amide bonds. The first kappa shape index (κ1) is 34.5. The molecule has 1 aliphatic carbocycles. The van der Waals surface area contributed by atoms with Crippen molar-refractivity contribution in [2.75, 3.05) is 10.8 Å². The molecule has 0 spiro atoms. The summed E-state index contributed by atoms with van der Waals surface area (Å²) in [5.74, 6) is -0.863. The van der Waals surface area contributed by atoms with E-state index in [9.17, 15) is 18.0 Å². The van der Waals surface area contributed by atoms with Gasteiger partial charge in [0.25, 0.3) is 10.0 Å². The van der Waals surface area contributed by atoms with Crippen molar-refractivity contribution in [2.24, 2.45) is 0 Å². The van der Waals surface area contributed by atoms with Gasteiger partial charge >= 0.3 is 0 Å². The van der Waals surface area contributed by atoms with Crippen LogP contribution in [0.4, 0.5) is 5.69 Å². The normalized spacial score (nSPS) is 14.0. The van der Waals surface area contributed by atoms with E-state index in [1.54, 1.807) is 48.5 Å². The van der Waals surface area contributed by atoms with Crippen molar-refractivity contribution >= 4 is 50.7 Å². The summed E-state index contributed by atoms with van der Waals surface area (Å²) in [6, 6.07) is 28.8. The zero-order valence-corrected chi connectivity index (χ0v) is 28.6. The number of hydrogen-bond donors (Lipinski definition) is 1. The third kappa shape index (κ3) is 8.36. The molecule has 0 radical (unpaired) electrons. The van der Waals surface area contributed by atoms with E-state index in [-0.39, 0.29) is 29.8 Å². The molecule has 1 saturated carbocycles. The second kappa shape index (κ2) is 15.8. The summed E-state index contributed by atoms with van der Waals surface area (Å²) in [6.07, 6.45) is 4.54. The Balaban J connectivity index is 1.61. The minimum Gasteiger partial charge on any atom is -0.352 e. The lowest BCUT2D eigenvalue weighted by atomic mass is 10.0. The van der Waals surface area contributed by atoms with Crippen LogP contribution in [0.3, 0.4) is 0 Å². The summed E-state index contributed by atoms with van der Waals surface area (Å²) < 4.78 is 29.7. The molecule has 0 aromatic heterocycles. The minimum atomic E-state index is -4.19. The Labute approximate surface area is 287 Å². The number of anilines is 1. The predicted molar refractivity (Wildman–Crippen MR) is 188 cm³/mol. The van der Waals surface area contributed by atoms with E-state index in [1.165, 1.54) is 17.0 Å². The highest BCUT2D eigenvalue weighted by Gasteiger charge is 2.36. The van der Waals surface area contributed by atoms with Gasteiger partial charge in [-0.15, -0.1) is 0 Å². The summed E-state index contributed by atoms with van der Waals surface area (Å²) in [6.45, 7) is 1.29. The summed E-state index contributed by atoms with van der Waals surface area (Å²) >= 11 is 13.2. The molecule has 1 fully saturated rings. The number of para-hydroxylation sites is 1. The van der Waals surface area contributed by atoms with Gasteiger partial charge in [0.2, 0.25) is 11.8 Å². The molecule has 10 heteroatoms. The van der Waals surface area contributed by atoms with Gasteiger partial charge in [-0.3, -0.25) is 13.9 Å². The van der Waals surface area contributed by atoms with Crippen LogP contribution in [0.25, 0.3) is 0 Å². The topological polar surface area (TPSA) is 86.8 Å². The van der Waals surface area contributed by atoms with Crippen LogP contribution >= 0.6 is 23.2 Å². The lowest BCUT2D eigenvalue weighted by Gasteiger charge is -2.35. The summed E-state index contributed by atoms with van der Waals surface area (Å²) in [7, 11) is -4.19. The molecule has 4 aromatic rings. The van der Waals surface area contributed by atoms with Crippen molar-refractivity contribution in [3.8, 4) is 0 Å². The monoisotopic (exact) mass is 691 g/mol. The maximum Gasteiger partial charge on any atom is 0.264 e. The Kier molecular flexibility index (Phi) is 11.6. The quantitative estimate of drug-likeness (QED) is 0.158. The summed E-state index contributed by atoms with van der Waals surface area (Å²) in [5.41, 5.74) is 2.49. The van der Waals surface area contributed by atoms with E-state index in [1.807, 2.05) is 49.4 Å².